The Balaban J connectivity index is 1.84. The number of hydrogen-bond acceptors (Lipinski definition) is 4. The lowest BCUT2D eigenvalue weighted by molar-refractivity contribution is -0.137. The van der Waals surface area contributed by atoms with Crippen molar-refractivity contribution in [3.63, 3.8) is 0 Å². The number of ether oxygens (including phenoxy) is 1. The van der Waals surface area contributed by atoms with Crippen molar-refractivity contribution in [2.75, 3.05) is 23.7 Å². The molecule has 1 heterocycles. The van der Waals surface area contributed by atoms with Crippen molar-refractivity contribution in [2.24, 2.45) is 0 Å². The van der Waals surface area contributed by atoms with Crippen molar-refractivity contribution in [1.29, 1.82) is 0 Å². The van der Waals surface area contributed by atoms with Crippen LogP contribution in [0.1, 0.15) is 71.4 Å². The van der Waals surface area contributed by atoms with Crippen molar-refractivity contribution in [2.45, 2.75) is 90.7 Å². The maximum Gasteiger partial charge on any atom is 0.416 e. The maximum atomic E-state index is 13.6. The molecule has 1 aliphatic heterocycles. The number of nitrogens with one attached hydrogen (secondary N) is 2. The highest BCUT2D eigenvalue weighted by atomic mass is 19.4. The molecule has 2 aromatic carbocycles. The summed E-state index contributed by atoms with van der Waals surface area (Å²) < 4.78 is 45.2. The highest BCUT2D eigenvalue weighted by Crippen LogP contribution is 2.31. The van der Waals surface area contributed by atoms with E-state index in [1.54, 1.807) is 37.8 Å². The minimum atomic E-state index is -4.52. The van der Waals surface area contributed by atoms with Gasteiger partial charge in [-0.15, -0.1) is 0 Å². The number of carbonyl (C=O) groups is 2. The third-order valence-corrected chi connectivity index (χ3v) is 6.97. The van der Waals surface area contributed by atoms with Crippen LogP contribution in [-0.4, -0.2) is 52.7 Å². The SMILES string of the molecule is CCCC(C)N1CCC(N(Cc2ccccc2NC(=O)OC(C)(C)C)C(=O)Nc2cccc(C(F)(F)F)c2)CC1. The second kappa shape index (κ2) is 13.4. The van der Waals surface area contributed by atoms with Crippen molar-refractivity contribution in [3.8, 4) is 0 Å². The predicted octanol–water partition coefficient (Wildman–Crippen LogP) is 7.74. The van der Waals surface area contributed by atoms with Crippen LogP contribution in [0.2, 0.25) is 0 Å². The largest absolute Gasteiger partial charge is 0.444 e. The molecule has 0 saturated carbocycles. The summed E-state index contributed by atoms with van der Waals surface area (Å²) in [7, 11) is 0. The van der Waals surface area contributed by atoms with E-state index < -0.39 is 29.5 Å². The van der Waals surface area contributed by atoms with E-state index in [1.807, 2.05) is 12.1 Å². The smallest absolute Gasteiger partial charge is 0.416 e. The second-order valence-corrected chi connectivity index (χ2v) is 11.3. The number of anilines is 2. The van der Waals surface area contributed by atoms with E-state index in [0.717, 1.165) is 50.9 Å². The van der Waals surface area contributed by atoms with Crippen LogP contribution in [0.3, 0.4) is 0 Å². The Kier molecular flexibility index (Phi) is 10.5. The van der Waals surface area contributed by atoms with Gasteiger partial charge in [-0.2, -0.15) is 13.2 Å². The molecule has 1 fully saturated rings. The Morgan fingerprint density at radius 3 is 2.35 bits per heavy atom. The number of halogens is 3. The third kappa shape index (κ3) is 9.15. The van der Waals surface area contributed by atoms with Crippen LogP contribution in [0, 0.1) is 0 Å². The van der Waals surface area contributed by atoms with E-state index in [9.17, 15) is 22.8 Å². The molecule has 0 aliphatic carbocycles. The van der Waals surface area contributed by atoms with Crippen molar-refractivity contribution >= 4 is 23.5 Å². The van der Waals surface area contributed by atoms with Crippen LogP contribution in [-0.2, 0) is 17.5 Å². The van der Waals surface area contributed by atoms with Crippen molar-refractivity contribution < 1.29 is 27.5 Å². The minimum Gasteiger partial charge on any atom is -0.444 e. The number of amides is 3. The predicted molar refractivity (Wildman–Crippen MR) is 151 cm³/mol. The van der Waals surface area contributed by atoms with Crippen LogP contribution in [0.15, 0.2) is 48.5 Å². The number of likely N-dealkylation sites (tertiary alicyclic amines) is 1. The molecule has 3 amide bonds. The molecule has 10 heteroatoms. The Bertz CT molecular complexity index is 1140. The second-order valence-electron chi connectivity index (χ2n) is 11.3. The number of hydrogen-bond donors (Lipinski definition) is 2. The summed E-state index contributed by atoms with van der Waals surface area (Å²) in [6.45, 7) is 11.5. The number of piperidine rings is 1. The van der Waals surface area contributed by atoms with Crippen molar-refractivity contribution in [1.82, 2.24) is 9.80 Å². The number of carbonyl (C=O) groups excluding carboxylic acids is 2. The van der Waals surface area contributed by atoms with E-state index in [4.69, 9.17) is 4.74 Å². The third-order valence-electron chi connectivity index (χ3n) is 6.97. The van der Waals surface area contributed by atoms with E-state index in [-0.39, 0.29) is 18.3 Å². The van der Waals surface area contributed by atoms with Crippen LogP contribution >= 0.6 is 0 Å². The molecular weight excluding hydrogens is 521 g/mol. The Morgan fingerprint density at radius 1 is 1.05 bits per heavy atom. The van der Waals surface area contributed by atoms with Gasteiger partial charge < -0.3 is 19.9 Å². The molecule has 1 aliphatic rings. The van der Waals surface area contributed by atoms with Gasteiger partial charge in [-0.05, 0) is 76.8 Å². The highest BCUT2D eigenvalue weighted by Gasteiger charge is 2.32. The molecule has 40 heavy (non-hydrogen) atoms. The Labute approximate surface area is 235 Å². The van der Waals surface area contributed by atoms with Gasteiger partial charge in [0.15, 0.2) is 0 Å². The first-order valence-electron chi connectivity index (χ1n) is 13.8. The fourth-order valence-electron chi connectivity index (χ4n) is 4.95. The molecule has 0 aromatic heterocycles. The quantitative estimate of drug-likeness (QED) is 0.345. The molecule has 0 radical (unpaired) electrons. The number of urea groups is 1. The van der Waals surface area contributed by atoms with Gasteiger partial charge in [-0.3, -0.25) is 5.32 Å². The highest BCUT2D eigenvalue weighted by molar-refractivity contribution is 5.90. The number of rotatable bonds is 8. The van der Waals surface area contributed by atoms with Gasteiger partial charge in [0, 0.05) is 43.1 Å². The summed E-state index contributed by atoms with van der Waals surface area (Å²) in [5, 5.41) is 5.45. The zero-order valence-corrected chi connectivity index (χ0v) is 24.0. The lowest BCUT2D eigenvalue weighted by Crippen LogP contribution is -2.50. The average molecular weight is 563 g/mol. The van der Waals surface area contributed by atoms with E-state index >= 15 is 0 Å². The van der Waals surface area contributed by atoms with E-state index in [0.29, 0.717) is 17.3 Å². The summed E-state index contributed by atoms with van der Waals surface area (Å²) in [5.74, 6) is 0. The number of para-hydroxylation sites is 1. The molecule has 1 saturated heterocycles. The molecular formula is C30H41F3N4O3. The lowest BCUT2D eigenvalue weighted by Gasteiger charge is -2.41. The first-order chi connectivity index (χ1) is 18.8. The molecule has 2 N–H and O–H groups in total. The summed E-state index contributed by atoms with van der Waals surface area (Å²) in [6, 6.07) is 11.6. The van der Waals surface area contributed by atoms with Crippen molar-refractivity contribution in [3.05, 3.63) is 59.7 Å². The minimum absolute atomic E-state index is 0.0685. The normalized spacial score (nSPS) is 15.8. The Hall–Kier alpha value is -3.27. The zero-order chi connectivity index (χ0) is 29.5. The van der Waals surface area contributed by atoms with Gasteiger partial charge in [0.25, 0.3) is 0 Å². The molecule has 220 valence electrons. The van der Waals surface area contributed by atoms with Crippen LogP contribution in [0.4, 0.5) is 34.1 Å². The topological polar surface area (TPSA) is 73.9 Å². The van der Waals surface area contributed by atoms with Gasteiger partial charge in [0.05, 0.1) is 5.56 Å². The van der Waals surface area contributed by atoms with Crippen LogP contribution in [0.25, 0.3) is 0 Å². The molecule has 2 aromatic rings. The molecule has 1 atom stereocenters. The van der Waals surface area contributed by atoms with Crippen LogP contribution in [0.5, 0.6) is 0 Å². The fraction of sp³-hybridized carbons (Fsp3) is 0.533. The van der Waals surface area contributed by atoms with Gasteiger partial charge in [0.2, 0.25) is 0 Å². The first kappa shape index (κ1) is 31.3. The van der Waals surface area contributed by atoms with Gasteiger partial charge in [-0.1, -0.05) is 37.6 Å². The zero-order valence-electron chi connectivity index (χ0n) is 24.0. The Morgan fingerprint density at radius 2 is 1.73 bits per heavy atom. The standard InChI is InChI=1S/C30H41F3N4O3/c1-6-10-21(2)36-17-15-25(16-18-36)37(27(38)34-24-13-9-12-23(19-24)30(31,32)33)20-22-11-7-8-14-26(22)35-28(39)40-29(3,4)5/h7-9,11-14,19,21,25H,6,10,15-18,20H2,1-5H3,(H,34,38)(H,35,39). The first-order valence-corrected chi connectivity index (χ1v) is 13.8. The molecule has 7 nitrogen and oxygen atoms in total. The molecule has 0 spiro atoms. The number of alkyl halides is 3. The maximum absolute atomic E-state index is 13.6. The molecule has 3 rings (SSSR count). The van der Waals surface area contributed by atoms with Crippen LogP contribution < -0.4 is 10.6 Å². The van der Waals surface area contributed by atoms with E-state index in [2.05, 4.69) is 29.4 Å². The molecule has 1 unspecified atom stereocenters. The summed E-state index contributed by atoms with van der Waals surface area (Å²) >= 11 is 0. The number of nitrogens with zero attached hydrogens (tertiary/aromatic N) is 2. The average Bonchev–Trinajstić information content (AvgIpc) is 2.87. The van der Waals surface area contributed by atoms with E-state index in [1.165, 1.54) is 12.1 Å². The summed E-state index contributed by atoms with van der Waals surface area (Å²) in [4.78, 5) is 30.2. The lowest BCUT2D eigenvalue weighted by atomic mass is 9.99. The fourth-order valence-corrected chi connectivity index (χ4v) is 4.95. The molecule has 0 bridgehead atoms. The summed E-state index contributed by atoms with van der Waals surface area (Å²) in [5.41, 5.74) is -0.253. The van der Waals surface area contributed by atoms with Gasteiger partial charge >= 0.3 is 18.3 Å². The van der Waals surface area contributed by atoms with Gasteiger partial charge in [0.1, 0.15) is 5.60 Å². The summed E-state index contributed by atoms with van der Waals surface area (Å²) in [6.07, 6.45) is -1.49. The number of benzene rings is 2. The monoisotopic (exact) mass is 562 g/mol. The van der Waals surface area contributed by atoms with Gasteiger partial charge in [-0.25, -0.2) is 9.59 Å².